The first kappa shape index (κ1) is 23.0. The monoisotopic (exact) mass is 384 g/mol. The summed E-state index contributed by atoms with van der Waals surface area (Å²) in [5.41, 5.74) is 3.13. The third kappa shape index (κ3) is 9.80. The van der Waals surface area contributed by atoms with Crippen molar-refractivity contribution >= 4 is 0 Å². The van der Waals surface area contributed by atoms with Crippen molar-refractivity contribution < 1.29 is 4.74 Å². The molecule has 1 heteroatoms. The molecule has 0 bridgehead atoms. The highest BCUT2D eigenvalue weighted by Crippen LogP contribution is 2.30. The van der Waals surface area contributed by atoms with Crippen molar-refractivity contribution in [1.29, 1.82) is 0 Å². The van der Waals surface area contributed by atoms with Gasteiger partial charge in [0.2, 0.25) is 0 Å². The molecule has 0 radical (unpaired) electrons. The van der Waals surface area contributed by atoms with E-state index in [9.17, 15) is 0 Å². The van der Waals surface area contributed by atoms with Crippen molar-refractivity contribution in [3.8, 4) is 5.75 Å². The molecule has 0 aromatic heterocycles. The van der Waals surface area contributed by atoms with Gasteiger partial charge in [0.1, 0.15) is 5.75 Å². The fraction of sp³-hybridized carbons (Fsp3) is 0.704. The Morgan fingerprint density at radius 3 is 2.18 bits per heavy atom. The maximum absolute atomic E-state index is 5.67. The smallest absolute Gasteiger partial charge is 0.119 e. The molecule has 1 aliphatic rings. The molecule has 0 spiro atoms. The van der Waals surface area contributed by atoms with Gasteiger partial charge in [-0.3, -0.25) is 0 Å². The number of aryl methyl sites for hydroxylation is 1. The Morgan fingerprint density at radius 2 is 1.54 bits per heavy atom. The summed E-state index contributed by atoms with van der Waals surface area (Å²) in [6, 6.07) is 8.72. The minimum absolute atomic E-state index is 0.812. The minimum Gasteiger partial charge on any atom is -0.494 e. The highest BCUT2D eigenvalue weighted by Gasteiger charge is 2.14. The zero-order valence-electron chi connectivity index (χ0n) is 18.7. The van der Waals surface area contributed by atoms with Crippen LogP contribution in [0.5, 0.6) is 5.75 Å². The Balaban J connectivity index is 1.54. The molecule has 2 rings (SSSR count). The standard InChI is InChI=1S/C27H44O/c1-3-5-6-7-8-9-10-11-12-24-13-15-25(16-14-24)17-18-26-19-21-27(22-20-26)28-23-4-2/h15,19-22,24H,3-14,16-18,23H2,1-2H3. The van der Waals surface area contributed by atoms with Gasteiger partial charge in [0.25, 0.3) is 0 Å². The molecule has 0 saturated heterocycles. The van der Waals surface area contributed by atoms with E-state index in [1.165, 1.54) is 95.5 Å². The Labute approximate surface area is 175 Å². The van der Waals surface area contributed by atoms with E-state index < -0.39 is 0 Å². The summed E-state index contributed by atoms with van der Waals surface area (Å²) in [6.45, 7) is 5.25. The lowest BCUT2D eigenvalue weighted by Crippen LogP contribution is -2.06. The molecule has 0 heterocycles. The van der Waals surface area contributed by atoms with E-state index >= 15 is 0 Å². The first-order chi connectivity index (χ1) is 13.8. The van der Waals surface area contributed by atoms with Crippen LogP contribution in [0.2, 0.25) is 0 Å². The van der Waals surface area contributed by atoms with Crippen molar-refractivity contribution in [2.75, 3.05) is 6.61 Å². The maximum Gasteiger partial charge on any atom is 0.119 e. The zero-order chi connectivity index (χ0) is 19.9. The Kier molecular flexibility index (Phi) is 12.1. The van der Waals surface area contributed by atoms with Crippen LogP contribution < -0.4 is 4.74 Å². The largest absolute Gasteiger partial charge is 0.494 e. The lowest BCUT2D eigenvalue weighted by atomic mass is 9.84. The summed E-state index contributed by atoms with van der Waals surface area (Å²) in [7, 11) is 0. The van der Waals surface area contributed by atoms with Crippen molar-refractivity contribution in [2.24, 2.45) is 5.92 Å². The molecule has 0 N–H and O–H groups in total. The molecule has 1 aromatic rings. The lowest BCUT2D eigenvalue weighted by molar-refractivity contribution is 0.317. The van der Waals surface area contributed by atoms with Gasteiger partial charge in [-0.2, -0.15) is 0 Å². The van der Waals surface area contributed by atoms with Crippen LogP contribution in [0.1, 0.15) is 109 Å². The van der Waals surface area contributed by atoms with Crippen LogP contribution >= 0.6 is 0 Å². The minimum atomic E-state index is 0.812. The molecular formula is C27H44O. The summed E-state index contributed by atoms with van der Waals surface area (Å²) >= 11 is 0. The molecule has 0 saturated carbocycles. The molecule has 0 aliphatic heterocycles. The molecule has 0 amide bonds. The van der Waals surface area contributed by atoms with E-state index in [0.717, 1.165) is 24.7 Å². The normalized spacial score (nSPS) is 16.8. The second-order valence-electron chi connectivity index (χ2n) is 8.76. The molecule has 1 aliphatic carbocycles. The molecule has 1 aromatic carbocycles. The first-order valence-electron chi connectivity index (χ1n) is 12.2. The number of ether oxygens (including phenoxy) is 1. The van der Waals surface area contributed by atoms with Crippen LogP contribution in [0.25, 0.3) is 0 Å². The SMILES string of the molecule is CCCCCCCCCCC1CC=C(CCc2ccc(OCCC)cc2)CC1. The first-order valence-corrected chi connectivity index (χ1v) is 12.2. The van der Waals surface area contributed by atoms with Gasteiger partial charge in [-0.05, 0) is 62.1 Å². The summed E-state index contributed by atoms with van der Waals surface area (Å²) in [5.74, 6) is 1.96. The van der Waals surface area contributed by atoms with E-state index in [-0.39, 0.29) is 0 Å². The van der Waals surface area contributed by atoms with E-state index in [2.05, 4.69) is 44.2 Å². The number of unbranched alkanes of at least 4 members (excludes halogenated alkanes) is 7. The fourth-order valence-corrected chi connectivity index (χ4v) is 4.28. The third-order valence-corrected chi connectivity index (χ3v) is 6.21. The van der Waals surface area contributed by atoms with Gasteiger partial charge in [0.15, 0.2) is 0 Å². The lowest BCUT2D eigenvalue weighted by Gasteiger charge is -2.22. The quantitative estimate of drug-likeness (QED) is 0.217. The van der Waals surface area contributed by atoms with Gasteiger partial charge in [-0.25, -0.2) is 0 Å². The number of allylic oxidation sites excluding steroid dienone is 2. The number of benzene rings is 1. The molecular weight excluding hydrogens is 340 g/mol. The third-order valence-electron chi connectivity index (χ3n) is 6.21. The van der Waals surface area contributed by atoms with Crippen molar-refractivity contribution in [1.82, 2.24) is 0 Å². The van der Waals surface area contributed by atoms with Crippen LogP contribution in [0.4, 0.5) is 0 Å². The Morgan fingerprint density at radius 1 is 0.821 bits per heavy atom. The van der Waals surface area contributed by atoms with Crippen molar-refractivity contribution in [3.63, 3.8) is 0 Å². The van der Waals surface area contributed by atoms with Crippen molar-refractivity contribution in [3.05, 3.63) is 41.5 Å². The van der Waals surface area contributed by atoms with Crippen LogP contribution in [-0.2, 0) is 6.42 Å². The molecule has 0 fully saturated rings. The maximum atomic E-state index is 5.67. The van der Waals surface area contributed by atoms with Gasteiger partial charge in [-0.1, -0.05) is 95.4 Å². The highest BCUT2D eigenvalue weighted by atomic mass is 16.5. The zero-order valence-corrected chi connectivity index (χ0v) is 18.7. The van der Waals surface area contributed by atoms with E-state index in [4.69, 9.17) is 4.74 Å². The van der Waals surface area contributed by atoms with Crippen LogP contribution in [0.15, 0.2) is 35.9 Å². The molecule has 1 atom stereocenters. The number of rotatable bonds is 15. The molecule has 158 valence electrons. The predicted octanol–water partition coefficient (Wildman–Crippen LogP) is 8.67. The molecule has 1 unspecified atom stereocenters. The fourth-order valence-electron chi connectivity index (χ4n) is 4.28. The summed E-state index contributed by atoms with van der Waals surface area (Å²) in [5, 5.41) is 0. The van der Waals surface area contributed by atoms with E-state index in [0.29, 0.717) is 0 Å². The van der Waals surface area contributed by atoms with E-state index in [1.54, 1.807) is 5.57 Å². The molecule has 28 heavy (non-hydrogen) atoms. The van der Waals surface area contributed by atoms with Crippen LogP contribution in [-0.4, -0.2) is 6.61 Å². The van der Waals surface area contributed by atoms with E-state index in [1.807, 2.05) is 0 Å². The van der Waals surface area contributed by atoms with Crippen LogP contribution in [0, 0.1) is 5.92 Å². The average molecular weight is 385 g/mol. The van der Waals surface area contributed by atoms with Gasteiger partial charge >= 0.3 is 0 Å². The second kappa shape index (κ2) is 14.7. The highest BCUT2D eigenvalue weighted by molar-refractivity contribution is 5.28. The number of hydrogen-bond donors (Lipinski definition) is 0. The van der Waals surface area contributed by atoms with Crippen LogP contribution in [0.3, 0.4) is 0 Å². The van der Waals surface area contributed by atoms with Crippen molar-refractivity contribution in [2.45, 2.75) is 110 Å². The predicted molar refractivity (Wildman–Crippen MR) is 123 cm³/mol. The summed E-state index contributed by atoms with van der Waals surface area (Å²) < 4.78 is 5.67. The number of hydrogen-bond acceptors (Lipinski definition) is 1. The van der Waals surface area contributed by atoms with Gasteiger partial charge < -0.3 is 4.74 Å². The Hall–Kier alpha value is -1.24. The van der Waals surface area contributed by atoms with Gasteiger partial charge in [0.05, 0.1) is 6.61 Å². The average Bonchev–Trinajstić information content (AvgIpc) is 2.74. The summed E-state index contributed by atoms with van der Waals surface area (Å²) in [6.07, 6.45) is 23.1. The molecule has 1 nitrogen and oxygen atoms in total. The van der Waals surface area contributed by atoms with Gasteiger partial charge in [0, 0.05) is 0 Å². The second-order valence-corrected chi connectivity index (χ2v) is 8.76. The Bertz CT molecular complexity index is 528. The summed E-state index contributed by atoms with van der Waals surface area (Å²) in [4.78, 5) is 0. The topological polar surface area (TPSA) is 9.23 Å². The van der Waals surface area contributed by atoms with Gasteiger partial charge in [-0.15, -0.1) is 0 Å².